The van der Waals surface area contributed by atoms with Crippen LogP contribution in [0.5, 0.6) is 0 Å². The second-order valence-electron chi connectivity index (χ2n) is 8.45. The van der Waals surface area contributed by atoms with Crippen molar-refractivity contribution in [3.63, 3.8) is 0 Å². The van der Waals surface area contributed by atoms with Gasteiger partial charge < -0.3 is 10.6 Å². The first kappa shape index (κ1) is 19.8. The van der Waals surface area contributed by atoms with Crippen LogP contribution in [0.3, 0.4) is 0 Å². The molecule has 3 aromatic rings. The van der Waals surface area contributed by atoms with Crippen LogP contribution >= 0.6 is 0 Å². The number of fused-ring (bicyclic) bond motifs is 2. The third kappa shape index (κ3) is 3.50. The van der Waals surface area contributed by atoms with Crippen LogP contribution in [0.25, 0.3) is 11.0 Å². The van der Waals surface area contributed by atoms with Gasteiger partial charge in [0.25, 0.3) is 5.56 Å². The summed E-state index contributed by atoms with van der Waals surface area (Å²) in [6, 6.07) is 4.05. The fourth-order valence-electron chi connectivity index (χ4n) is 4.83. The molecular weight excluding hydrogens is 392 g/mol. The smallest absolute Gasteiger partial charge is 0.263 e. The molecule has 4 heterocycles. The minimum absolute atomic E-state index is 0.0609. The van der Waals surface area contributed by atoms with Gasteiger partial charge >= 0.3 is 0 Å². The quantitative estimate of drug-likeness (QED) is 0.627. The predicted octanol–water partition coefficient (Wildman–Crippen LogP) is 3.20. The molecule has 1 saturated carbocycles. The maximum atomic E-state index is 13.3. The zero-order chi connectivity index (χ0) is 21.5. The van der Waals surface area contributed by atoms with Gasteiger partial charge in [-0.15, -0.1) is 0 Å². The van der Waals surface area contributed by atoms with Crippen molar-refractivity contribution in [2.45, 2.75) is 58.5 Å². The van der Waals surface area contributed by atoms with Gasteiger partial charge in [0.2, 0.25) is 5.95 Å². The predicted molar refractivity (Wildman–Crippen MR) is 119 cm³/mol. The lowest BCUT2D eigenvalue weighted by atomic mass is 10.0. The molecule has 2 aliphatic rings. The van der Waals surface area contributed by atoms with Crippen molar-refractivity contribution < 1.29 is 4.79 Å². The molecule has 8 nitrogen and oxygen atoms in total. The number of Topliss-reactive ketones (excluding diaryl/α,β-unsaturated/α-hetero) is 1. The molecular formula is C23H26N6O2. The third-order valence-corrected chi connectivity index (χ3v) is 6.41. The highest BCUT2D eigenvalue weighted by Gasteiger charge is 2.26. The summed E-state index contributed by atoms with van der Waals surface area (Å²) < 4.78 is 1.73. The number of carbonyl (C=O) groups excluding carboxylic acids is 1. The number of rotatable bonds is 4. The minimum atomic E-state index is -0.242. The van der Waals surface area contributed by atoms with E-state index in [0.717, 1.165) is 56.3 Å². The van der Waals surface area contributed by atoms with Crippen molar-refractivity contribution >= 4 is 28.6 Å². The van der Waals surface area contributed by atoms with Crippen molar-refractivity contribution in [1.29, 1.82) is 0 Å². The van der Waals surface area contributed by atoms with E-state index in [1.807, 2.05) is 6.07 Å². The Morgan fingerprint density at radius 2 is 2.03 bits per heavy atom. The zero-order valence-corrected chi connectivity index (χ0v) is 17.9. The first-order valence-electron chi connectivity index (χ1n) is 10.9. The van der Waals surface area contributed by atoms with Gasteiger partial charge in [0.15, 0.2) is 5.78 Å². The molecule has 0 amide bonds. The molecule has 1 aliphatic carbocycles. The Morgan fingerprint density at radius 3 is 2.81 bits per heavy atom. The minimum Gasteiger partial charge on any atom is -0.312 e. The standard InChI is InChI=1S/C23H26N6O2/c1-13-17-12-25-23(27-19-8-7-15-11-24-10-9-18(15)26-19)28-21(17)29(16-5-3-4-6-16)22(31)20(13)14(2)30/h7-8,12,16,24H,3-6,9-11H2,1-2H3,(H,25,26,27,28). The van der Waals surface area contributed by atoms with Crippen molar-refractivity contribution in [2.75, 3.05) is 11.9 Å². The second-order valence-corrected chi connectivity index (χ2v) is 8.45. The van der Waals surface area contributed by atoms with E-state index in [1.54, 1.807) is 17.7 Å². The lowest BCUT2D eigenvalue weighted by molar-refractivity contribution is 0.101. The highest BCUT2D eigenvalue weighted by atomic mass is 16.1. The largest absolute Gasteiger partial charge is 0.312 e. The number of nitrogens with one attached hydrogen (secondary N) is 2. The SMILES string of the molecule is CC(=O)c1c(C)c2cnc(Nc3ccc4c(n3)CCNC4)nc2n(C2CCCC2)c1=O. The fraction of sp³-hybridized carbons (Fsp3) is 0.435. The van der Waals surface area contributed by atoms with Gasteiger partial charge in [0, 0.05) is 42.8 Å². The molecule has 0 spiro atoms. The molecule has 160 valence electrons. The van der Waals surface area contributed by atoms with E-state index in [4.69, 9.17) is 9.97 Å². The van der Waals surface area contributed by atoms with E-state index in [2.05, 4.69) is 21.7 Å². The number of hydrogen-bond acceptors (Lipinski definition) is 7. The van der Waals surface area contributed by atoms with E-state index >= 15 is 0 Å². The van der Waals surface area contributed by atoms with Crippen LogP contribution in [0, 0.1) is 6.92 Å². The zero-order valence-electron chi connectivity index (χ0n) is 17.9. The maximum Gasteiger partial charge on any atom is 0.263 e. The van der Waals surface area contributed by atoms with Gasteiger partial charge in [-0.05, 0) is 43.9 Å². The van der Waals surface area contributed by atoms with Crippen LogP contribution in [0.1, 0.15) is 65.8 Å². The van der Waals surface area contributed by atoms with Crippen molar-refractivity contribution in [3.8, 4) is 0 Å². The Labute approximate surface area is 180 Å². The maximum absolute atomic E-state index is 13.3. The van der Waals surface area contributed by atoms with Crippen molar-refractivity contribution in [3.05, 3.63) is 51.1 Å². The summed E-state index contributed by atoms with van der Waals surface area (Å²) in [6.45, 7) is 5.00. The van der Waals surface area contributed by atoms with Gasteiger partial charge in [-0.1, -0.05) is 18.9 Å². The first-order chi connectivity index (χ1) is 15.0. The molecule has 3 aromatic heterocycles. The summed E-state index contributed by atoms with van der Waals surface area (Å²) in [4.78, 5) is 39.5. The van der Waals surface area contributed by atoms with E-state index < -0.39 is 0 Å². The summed E-state index contributed by atoms with van der Waals surface area (Å²) in [5, 5.41) is 7.29. The highest BCUT2D eigenvalue weighted by molar-refractivity contribution is 5.99. The molecule has 1 fully saturated rings. The summed E-state index contributed by atoms with van der Waals surface area (Å²) in [6.07, 6.45) is 6.58. The highest BCUT2D eigenvalue weighted by Crippen LogP contribution is 2.32. The molecule has 0 saturated heterocycles. The molecule has 0 radical (unpaired) electrons. The van der Waals surface area contributed by atoms with Crippen LogP contribution in [-0.4, -0.2) is 31.8 Å². The van der Waals surface area contributed by atoms with E-state index in [0.29, 0.717) is 23.0 Å². The average molecular weight is 419 g/mol. The Kier molecular flexibility index (Phi) is 5.02. The van der Waals surface area contributed by atoms with Crippen LogP contribution < -0.4 is 16.2 Å². The number of aryl methyl sites for hydroxylation is 1. The summed E-state index contributed by atoms with van der Waals surface area (Å²) in [5.41, 5.74) is 3.52. The fourth-order valence-corrected chi connectivity index (χ4v) is 4.83. The van der Waals surface area contributed by atoms with E-state index in [-0.39, 0.29) is 22.9 Å². The molecule has 0 aromatic carbocycles. The van der Waals surface area contributed by atoms with Crippen LogP contribution in [0.2, 0.25) is 0 Å². The number of hydrogen-bond donors (Lipinski definition) is 2. The number of anilines is 2. The Balaban J connectivity index is 1.61. The molecule has 8 heteroatoms. The monoisotopic (exact) mass is 418 g/mol. The van der Waals surface area contributed by atoms with Crippen molar-refractivity contribution in [1.82, 2.24) is 24.8 Å². The Morgan fingerprint density at radius 1 is 1.23 bits per heavy atom. The number of carbonyl (C=O) groups is 1. The van der Waals surface area contributed by atoms with Crippen molar-refractivity contribution in [2.24, 2.45) is 0 Å². The Hall–Kier alpha value is -3.13. The molecule has 2 N–H and O–H groups in total. The normalized spacial score (nSPS) is 16.5. The first-order valence-corrected chi connectivity index (χ1v) is 10.9. The summed E-state index contributed by atoms with van der Waals surface area (Å²) in [7, 11) is 0. The van der Waals surface area contributed by atoms with Gasteiger partial charge in [0.1, 0.15) is 11.5 Å². The molecule has 0 unspecified atom stereocenters. The molecule has 0 bridgehead atoms. The molecule has 1 aliphatic heterocycles. The molecule has 31 heavy (non-hydrogen) atoms. The van der Waals surface area contributed by atoms with Gasteiger partial charge in [0.05, 0.1) is 5.56 Å². The summed E-state index contributed by atoms with van der Waals surface area (Å²) in [5.74, 6) is 0.868. The van der Waals surface area contributed by atoms with E-state index in [1.165, 1.54) is 12.5 Å². The third-order valence-electron chi connectivity index (χ3n) is 6.41. The van der Waals surface area contributed by atoms with Gasteiger partial charge in [-0.2, -0.15) is 4.98 Å². The molecule has 5 rings (SSSR count). The topological polar surface area (TPSA) is 102 Å². The summed E-state index contributed by atoms with van der Waals surface area (Å²) >= 11 is 0. The average Bonchev–Trinajstić information content (AvgIpc) is 3.28. The van der Waals surface area contributed by atoms with Gasteiger partial charge in [-0.25, -0.2) is 9.97 Å². The van der Waals surface area contributed by atoms with Crippen LogP contribution in [0.4, 0.5) is 11.8 Å². The van der Waals surface area contributed by atoms with E-state index in [9.17, 15) is 9.59 Å². The van der Waals surface area contributed by atoms with Crippen LogP contribution in [0.15, 0.2) is 23.1 Å². The number of pyridine rings is 2. The number of aromatic nitrogens is 4. The molecule has 0 atom stereocenters. The second kappa shape index (κ2) is 7.85. The van der Waals surface area contributed by atoms with Crippen LogP contribution in [-0.2, 0) is 13.0 Å². The number of ketones is 1. The lowest BCUT2D eigenvalue weighted by Gasteiger charge is -2.20. The Bertz CT molecular complexity index is 1240. The van der Waals surface area contributed by atoms with Gasteiger partial charge in [-0.3, -0.25) is 14.2 Å². The lowest BCUT2D eigenvalue weighted by Crippen LogP contribution is -2.30. The number of nitrogens with zero attached hydrogens (tertiary/aromatic N) is 4.